The average Bonchev–Trinajstić information content (AvgIpc) is 2.94. The van der Waals surface area contributed by atoms with Gasteiger partial charge in [0.15, 0.2) is 11.6 Å². The van der Waals surface area contributed by atoms with Gasteiger partial charge in [0.1, 0.15) is 5.82 Å². The second-order valence-electron chi connectivity index (χ2n) is 10.6. The number of esters is 1. The highest BCUT2D eigenvalue weighted by Crippen LogP contribution is 2.53. The molecule has 7 nitrogen and oxygen atoms in total. The van der Waals surface area contributed by atoms with E-state index in [0.29, 0.717) is 59.8 Å². The highest BCUT2D eigenvalue weighted by Gasteiger charge is 2.51. The molecule has 2 heterocycles. The number of pyridine rings is 1. The molecule has 2 aliphatic carbocycles. The highest BCUT2D eigenvalue weighted by atomic mass is 19.1. The van der Waals surface area contributed by atoms with Crippen molar-refractivity contribution >= 4 is 11.8 Å². The zero-order valence-corrected chi connectivity index (χ0v) is 22.4. The van der Waals surface area contributed by atoms with Gasteiger partial charge in [0.05, 0.1) is 30.7 Å². The SMILES string of the molecule is CCOC(=O)CCc1cc(-c2nc(-c3ccccc3F)c3c(n2)[C@]2(C)C/C(=C/O)C(=O)[C@H](C)[C@H]2CC3)ccn1. The number of halogens is 1. The third-order valence-corrected chi connectivity index (χ3v) is 8.21. The molecule has 0 amide bonds. The number of carbonyl (C=O) groups excluding carboxylic acids is 2. The number of ketones is 1. The van der Waals surface area contributed by atoms with E-state index in [0.717, 1.165) is 23.9 Å². The van der Waals surface area contributed by atoms with E-state index in [1.807, 2.05) is 13.0 Å². The number of nitrogens with zero attached hydrogens (tertiary/aromatic N) is 3. The second-order valence-corrected chi connectivity index (χ2v) is 10.6. The summed E-state index contributed by atoms with van der Waals surface area (Å²) >= 11 is 0. The van der Waals surface area contributed by atoms with Crippen molar-refractivity contribution in [2.75, 3.05) is 6.61 Å². The van der Waals surface area contributed by atoms with Crippen LogP contribution in [0, 0.1) is 17.7 Å². The number of benzene rings is 1. The largest absolute Gasteiger partial charge is 0.515 e. The second kappa shape index (κ2) is 10.7. The van der Waals surface area contributed by atoms with Crippen molar-refractivity contribution in [3.8, 4) is 22.6 Å². The number of allylic oxidation sites excluding steroid dienone is 1. The Hall–Kier alpha value is -3.94. The number of ether oxygens (including phenoxy) is 1. The van der Waals surface area contributed by atoms with E-state index in [9.17, 15) is 14.7 Å². The molecular weight excluding hydrogens is 497 g/mol. The Morgan fingerprint density at radius 3 is 2.79 bits per heavy atom. The van der Waals surface area contributed by atoms with Gasteiger partial charge in [-0.1, -0.05) is 26.0 Å². The number of Topliss-reactive ketones (excluding diaryl/α,β-unsaturated/α-hetero) is 1. The summed E-state index contributed by atoms with van der Waals surface area (Å²) in [4.78, 5) is 39.2. The van der Waals surface area contributed by atoms with E-state index in [4.69, 9.17) is 14.7 Å². The van der Waals surface area contributed by atoms with Crippen molar-refractivity contribution in [3.63, 3.8) is 0 Å². The van der Waals surface area contributed by atoms with E-state index in [1.165, 1.54) is 6.07 Å². The maximum Gasteiger partial charge on any atom is 0.306 e. The summed E-state index contributed by atoms with van der Waals surface area (Å²) in [6.07, 6.45) is 4.90. The molecule has 1 saturated carbocycles. The molecule has 5 rings (SSSR count). The normalized spacial score (nSPS) is 23.3. The van der Waals surface area contributed by atoms with Crippen LogP contribution in [0.15, 0.2) is 54.4 Å². The Morgan fingerprint density at radius 2 is 2.05 bits per heavy atom. The predicted octanol–water partition coefficient (Wildman–Crippen LogP) is 5.71. The monoisotopic (exact) mass is 529 g/mol. The lowest BCUT2D eigenvalue weighted by atomic mass is 9.55. The van der Waals surface area contributed by atoms with E-state index in [2.05, 4.69) is 11.9 Å². The number of hydrogen-bond acceptors (Lipinski definition) is 7. The van der Waals surface area contributed by atoms with Crippen LogP contribution in [0.25, 0.3) is 22.6 Å². The Labute approximate surface area is 227 Å². The molecule has 1 aromatic carbocycles. The molecule has 0 unspecified atom stereocenters. The van der Waals surface area contributed by atoms with Crippen molar-refractivity contribution in [2.24, 2.45) is 11.8 Å². The number of aryl methyl sites for hydroxylation is 1. The van der Waals surface area contributed by atoms with Gasteiger partial charge in [-0.05, 0) is 56.4 Å². The summed E-state index contributed by atoms with van der Waals surface area (Å²) in [5.41, 5.74) is 3.82. The van der Waals surface area contributed by atoms with E-state index in [1.54, 1.807) is 37.4 Å². The number of aromatic nitrogens is 3. The number of hydrogen-bond donors (Lipinski definition) is 1. The molecule has 0 spiro atoms. The lowest BCUT2D eigenvalue weighted by Gasteiger charge is -2.48. The predicted molar refractivity (Wildman–Crippen MR) is 144 cm³/mol. The summed E-state index contributed by atoms with van der Waals surface area (Å²) in [7, 11) is 0. The van der Waals surface area contributed by atoms with Crippen molar-refractivity contribution in [1.29, 1.82) is 0 Å². The van der Waals surface area contributed by atoms with E-state index < -0.39 is 5.41 Å². The molecule has 1 N–H and O–H groups in total. The average molecular weight is 530 g/mol. The fourth-order valence-corrected chi connectivity index (χ4v) is 6.29. The zero-order chi connectivity index (χ0) is 27.7. The lowest BCUT2D eigenvalue weighted by Crippen LogP contribution is -2.48. The fraction of sp³-hybridized carbons (Fsp3) is 0.387. The number of rotatable bonds is 6. The molecule has 2 aliphatic rings. The van der Waals surface area contributed by atoms with Crippen LogP contribution >= 0.6 is 0 Å². The third kappa shape index (κ3) is 4.84. The molecule has 3 aromatic rings. The number of carbonyl (C=O) groups is 2. The molecular formula is C31H32FN3O4. The highest BCUT2D eigenvalue weighted by molar-refractivity contribution is 5.98. The summed E-state index contributed by atoms with van der Waals surface area (Å²) < 4.78 is 20.2. The fourth-order valence-electron chi connectivity index (χ4n) is 6.29. The van der Waals surface area contributed by atoms with Crippen molar-refractivity contribution < 1.29 is 23.8 Å². The Kier molecular flexibility index (Phi) is 7.30. The van der Waals surface area contributed by atoms with Crippen LogP contribution in [-0.4, -0.2) is 38.4 Å². The lowest BCUT2D eigenvalue weighted by molar-refractivity contribution is -0.143. The topological polar surface area (TPSA) is 102 Å². The van der Waals surface area contributed by atoms with Crippen LogP contribution < -0.4 is 0 Å². The minimum absolute atomic E-state index is 0.0231. The quantitative estimate of drug-likeness (QED) is 0.248. The minimum Gasteiger partial charge on any atom is -0.515 e. The van der Waals surface area contributed by atoms with Crippen molar-refractivity contribution in [1.82, 2.24) is 15.0 Å². The van der Waals surface area contributed by atoms with Crippen LogP contribution in [0.5, 0.6) is 0 Å². The number of fused-ring (bicyclic) bond motifs is 3. The molecule has 0 radical (unpaired) electrons. The van der Waals surface area contributed by atoms with Gasteiger partial charge in [-0.15, -0.1) is 0 Å². The van der Waals surface area contributed by atoms with Gasteiger partial charge in [0, 0.05) is 51.9 Å². The Morgan fingerprint density at radius 1 is 1.26 bits per heavy atom. The van der Waals surface area contributed by atoms with E-state index in [-0.39, 0.29) is 35.8 Å². The smallest absolute Gasteiger partial charge is 0.306 e. The molecule has 0 saturated heterocycles. The van der Waals surface area contributed by atoms with E-state index >= 15 is 4.39 Å². The summed E-state index contributed by atoms with van der Waals surface area (Å²) in [5, 5.41) is 9.88. The minimum atomic E-state index is -0.549. The van der Waals surface area contributed by atoms with Crippen LogP contribution in [-0.2, 0) is 32.6 Å². The van der Waals surface area contributed by atoms with Gasteiger partial charge in [-0.25, -0.2) is 14.4 Å². The zero-order valence-electron chi connectivity index (χ0n) is 22.4. The standard InChI is InChI=1S/C31H32FN3O4/c1-4-39-26(37)12-9-21-15-19(13-14-33-21)30-34-27(22-7-5-6-8-25(22)32)23-10-11-24-18(2)28(38)20(17-36)16-31(24,3)29(23)35-30/h5-8,13-15,17-18,24,36H,4,9-12,16H2,1-3H3/b20-17-/t18-,24-,31-/m1/s1. The van der Waals surface area contributed by atoms with Crippen molar-refractivity contribution in [3.05, 3.63) is 77.2 Å². The Balaban J connectivity index is 1.66. The number of aliphatic hydroxyl groups excluding tert-OH is 1. The van der Waals surface area contributed by atoms with Gasteiger partial charge in [0.25, 0.3) is 0 Å². The first kappa shape index (κ1) is 26.7. The first-order valence-corrected chi connectivity index (χ1v) is 13.4. The molecule has 0 aliphatic heterocycles. The van der Waals surface area contributed by atoms with Gasteiger partial charge >= 0.3 is 5.97 Å². The molecule has 2 aromatic heterocycles. The summed E-state index contributed by atoms with van der Waals surface area (Å²) in [5.74, 6) is -0.523. The van der Waals surface area contributed by atoms with Gasteiger partial charge < -0.3 is 9.84 Å². The summed E-state index contributed by atoms with van der Waals surface area (Å²) in [6, 6.07) is 10.2. The Bertz CT molecular complexity index is 1470. The molecule has 8 heteroatoms. The first-order chi connectivity index (χ1) is 18.8. The van der Waals surface area contributed by atoms with Gasteiger partial charge in [-0.3, -0.25) is 14.6 Å². The third-order valence-electron chi connectivity index (χ3n) is 8.21. The van der Waals surface area contributed by atoms with Crippen LogP contribution in [0.2, 0.25) is 0 Å². The summed E-state index contributed by atoms with van der Waals surface area (Å²) in [6.45, 7) is 6.09. The first-order valence-electron chi connectivity index (χ1n) is 13.4. The molecule has 1 fully saturated rings. The number of aliphatic hydroxyl groups is 1. The molecule has 3 atom stereocenters. The maximum atomic E-state index is 15.1. The van der Waals surface area contributed by atoms with Gasteiger partial charge in [-0.2, -0.15) is 0 Å². The van der Waals surface area contributed by atoms with Crippen LogP contribution in [0.3, 0.4) is 0 Å². The van der Waals surface area contributed by atoms with Gasteiger partial charge in [0.2, 0.25) is 0 Å². The maximum absolute atomic E-state index is 15.1. The molecule has 0 bridgehead atoms. The van der Waals surface area contributed by atoms with Crippen LogP contribution in [0.1, 0.15) is 57.0 Å². The molecule has 202 valence electrons. The van der Waals surface area contributed by atoms with Crippen LogP contribution in [0.4, 0.5) is 4.39 Å². The molecule has 39 heavy (non-hydrogen) atoms. The van der Waals surface area contributed by atoms with Crippen molar-refractivity contribution in [2.45, 2.75) is 58.3 Å².